The second-order valence-electron chi connectivity index (χ2n) is 6.31. The number of carboxylic acids is 1. The van der Waals surface area contributed by atoms with E-state index in [1.54, 1.807) is 11.0 Å². The van der Waals surface area contributed by atoms with Crippen LogP contribution in [0, 0.1) is 0 Å². The molecule has 28 heavy (non-hydrogen) atoms. The minimum absolute atomic E-state index is 0.148. The summed E-state index contributed by atoms with van der Waals surface area (Å²) in [6, 6.07) is 6.71. The Morgan fingerprint density at radius 1 is 1.36 bits per heavy atom. The second-order valence-corrected chi connectivity index (χ2v) is 7.28. The van der Waals surface area contributed by atoms with E-state index in [9.17, 15) is 23.5 Å². The van der Waals surface area contributed by atoms with Crippen LogP contribution in [0.2, 0.25) is 0 Å². The number of nitrogens with zero attached hydrogens (tertiary/aromatic N) is 1. The zero-order valence-corrected chi connectivity index (χ0v) is 16.0. The molecule has 1 aromatic carbocycles. The van der Waals surface area contributed by atoms with Crippen molar-refractivity contribution in [1.29, 1.82) is 0 Å². The topological polar surface area (TPSA) is 87.1 Å². The van der Waals surface area contributed by atoms with Crippen molar-refractivity contribution < 1.29 is 33.3 Å². The van der Waals surface area contributed by atoms with E-state index in [4.69, 9.17) is 9.84 Å². The molecule has 0 bridgehead atoms. The minimum atomic E-state index is -3.43. The number of carbonyl (C=O) groups is 2. The fourth-order valence-corrected chi connectivity index (χ4v) is 3.71. The molecule has 1 aliphatic rings. The van der Waals surface area contributed by atoms with Crippen molar-refractivity contribution in [2.75, 3.05) is 25.5 Å². The molecule has 1 amide bonds. The van der Waals surface area contributed by atoms with E-state index < -0.39 is 18.0 Å². The van der Waals surface area contributed by atoms with Gasteiger partial charge in [0.2, 0.25) is 0 Å². The molecule has 0 aromatic heterocycles. The van der Waals surface area contributed by atoms with E-state index >= 15 is 0 Å². The fourth-order valence-electron chi connectivity index (χ4n) is 2.71. The lowest BCUT2D eigenvalue weighted by molar-refractivity contribution is -0.142. The third kappa shape index (κ3) is 6.29. The van der Waals surface area contributed by atoms with Crippen LogP contribution in [0.4, 0.5) is 13.6 Å². The number of aliphatic hydroxyl groups excluding tert-OH is 1. The van der Waals surface area contributed by atoms with Gasteiger partial charge in [0.1, 0.15) is 12.7 Å². The van der Waals surface area contributed by atoms with Gasteiger partial charge in [-0.25, -0.2) is 4.79 Å². The molecule has 1 aliphatic heterocycles. The smallest absolute Gasteiger partial charge is 0.329 e. The van der Waals surface area contributed by atoms with E-state index in [0.717, 1.165) is 17.8 Å². The van der Waals surface area contributed by atoms with Crippen LogP contribution < -0.4 is 0 Å². The highest BCUT2D eigenvalue weighted by Crippen LogP contribution is 2.33. The molecule has 1 aromatic rings. The summed E-state index contributed by atoms with van der Waals surface area (Å²) >= 11 is 1.10. The van der Waals surface area contributed by atoms with Crippen molar-refractivity contribution in [3.63, 3.8) is 0 Å². The maximum atomic E-state index is 14.3. The van der Waals surface area contributed by atoms with Crippen LogP contribution in [-0.2, 0) is 15.5 Å². The molecule has 6 nitrogen and oxygen atoms in total. The number of carbonyl (C=O) groups excluding carboxylic acids is 1. The van der Waals surface area contributed by atoms with Crippen molar-refractivity contribution >= 4 is 23.0 Å². The standard InChI is InChI=1S/C19H23F2NO5S/c20-19(21,14-6-2-1-3-7-14)16(23)9-8-15-13-28-18(26)22(15)10-4-5-11-27-12-17(24)25/h1-3,6-9,15-16,23H,4-5,10-13H2,(H,24,25). The molecule has 1 heterocycles. The third-order valence-electron chi connectivity index (χ3n) is 4.22. The first-order valence-corrected chi connectivity index (χ1v) is 9.83. The molecular formula is C19H23F2NO5S. The van der Waals surface area contributed by atoms with Crippen LogP contribution in [-0.4, -0.2) is 64.0 Å². The van der Waals surface area contributed by atoms with E-state index in [-0.39, 0.29) is 30.1 Å². The van der Waals surface area contributed by atoms with Crippen LogP contribution in [0.25, 0.3) is 0 Å². The van der Waals surface area contributed by atoms with E-state index in [0.29, 0.717) is 25.1 Å². The van der Waals surface area contributed by atoms with Gasteiger partial charge in [0, 0.05) is 24.5 Å². The Kier molecular flexibility index (Phi) is 8.40. The largest absolute Gasteiger partial charge is 0.480 e. The Labute approximate surface area is 166 Å². The number of thioether (sulfide) groups is 1. The first-order valence-electron chi connectivity index (χ1n) is 8.85. The Hall–Kier alpha value is -1.97. The van der Waals surface area contributed by atoms with Crippen molar-refractivity contribution in [3.8, 4) is 0 Å². The van der Waals surface area contributed by atoms with Gasteiger partial charge in [0.15, 0.2) is 0 Å². The molecule has 2 unspecified atom stereocenters. The molecule has 2 rings (SSSR count). The molecule has 154 valence electrons. The highest BCUT2D eigenvalue weighted by Gasteiger charge is 2.39. The molecule has 1 saturated heterocycles. The van der Waals surface area contributed by atoms with Crippen molar-refractivity contribution in [3.05, 3.63) is 48.0 Å². The van der Waals surface area contributed by atoms with Gasteiger partial charge < -0.3 is 19.8 Å². The van der Waals surface area contributed by atoms with Gasteiger partial charge in [-0.3, -0.25) is 4.79 Å². The molecule has 1 fully saturated rings. The highest BCUT2D eigenvalue weighted by atomic mass is 32.2. The molecule has 0 aliphatic carbocycles. The molecule has 0 saturated carbocycles. The maximum absolute atomic E-state index is 14.3. The van der Waals surface area contributed by atoms with E-state index in [1.807, 2.05) is 0 Å². The number of halogens is 2. The van der Waals surface area contributed by atoms with Crippen molar-refractivity contribution in [2.24, 2.45) is 0 Å². The number of carboxylic acid groups (broad SMARTS) is 1. The first-order chi connectivity index (χ1) is 13.3. The van der Waals surface area contributed by atoms with Gasteiger partial charge in [0.25, 0.3) is 5.24 Å². The van der Waals surface area contributed by atoms with Crippen molar-refractivity contribution in [1.82, 2.24) is 4.90 Å². The van der Waals surface area contributed by atoms with Gasteiger partial charge in [-0.05, 0) is 12.8 Å². The van der Waals surface area contributed by atoms with Gasteiger partial charge >= 0.3 is 11.9 Å². The monoisotopic (exact) mass is 415 g/mol. The molecule has 2 N–H and O–H groups in total. The van der Waals surface area contributed by atoms with Gasteiger partial charge in [-0.2, -0.15) is 8.78 Å². The average Bonchev–Trinajstić information content (AvgIpc) is 3.02. The van der Waals surface area contributed by atoms with E-state index in [1.165, 1.54) is 30.3 Å². The van der Waals surface area contributed by atoms with Crippen molar-refractivity contribution in [2.45, 2.75) is 30.9 Å². The predicted octanol–water partition coefficient (Wildman–Crippen LogP) is 3.11. The summed E-state index contributed by atoms with van der Waals surface area (Å²) in [7, 11) is 0. The SMILES string of the molecule is O=C(O)COCCCCN1C(=O)SCC1C=CC(O)C(F)(F)c1ccccc1. The van der Waals surface area contributed by atoms with Crippen LogP contribution in [0.15, 0.2) is 42.5 Å². The molecule has 0 spiro atoms. The van der Waals surface area contributed by atoms with Crippen LogP contribution >= 0.6 is 11.8 Å². The predicted molar refractivity (Wildman–Crippen MR) is 102 cm³/mol. The molecule has 2 atom stereocenters. The third-order valence-corrected chi connectivity index (χ3v) is 5.21. The Morgan fingerprint density at radius 2 is 2.07 bits per heavy atom. The lowest BCUT2D eigenvalue weighted by atomic mass is 10.0. The summed E-state index contributed by atoms with van der Waals surface area (Å²) in [6.07, 6.45) is 1.66. The number of benzene rings is 1. The minimum Gasteiger partial charge on any atom is -0.480 e. The fraction of sp³-hybridized carbons (Fsp3) is 0.474. The Balaban J connectivity index is 1.87. The van der Waals surface area contributed by atoms with Gasteiger partial charge in [-0.1, -0.05) is 54.2 Å². The summed E-state index contributed by atoms with van der Waals surface area (Å²) in [6.45, 7) is 0.309. The average molecular weight is 415 g/mol. The number of aliphatic carboxylic acids is 1. The van der Waals surface area contributed by atoms with Crippen LogP contribution in [0.1, 0.15) is 18.4 Å². The van der Waals surface area contributed by atoms with Crippen LogP contribution in [0.5, 0.6) is 0 Å². The quantitative estimate of drug-likeness (QED) is 0.427. The number of hydrogen-bond donors (Lipinski definition) is 2. The first kappa shape index (κ1) is 22.3. The number of alkyl halides is 2. The number of ether oxygens (including phenoxy) is 1. The normalized spacial score (nSPS) is 18.8. The summed E-state index contributed by atoms with van der Waals surface area (Å²) in [5, 5.41) is 18.3. The lowest BCUT2D eigenvalue weighted by Gasteiger charge is -2.23. The number of rotatable bonds is 11. The number of hydrogen-bond acceptors (Lipinski definition) is 5. The lowest BCUT2D eigenvalue weighted by Crippen LogP contribution is -2.34. The highest BCUT2D eigenvalue weighted by molar-refractivity contribution is 8.13. The number of amides is 1. The summed E-state index contributed by atoms with van der Waals surface area (Å²) in [5.74, 6) is -4.05. The number of aliphatic hydroxyl groups is 1. The Morgan fingerprint density at radius 3 is 2.75 bits per heavy atom. The summed E-state index contributed by atoms with van der Waals surface area (Å²) < 4.78 is 33.6. The van der Waals surface area contributed by atoms with Crippen LogP contribution in [0.3, 0.4) is 0 Å². The van der Waals surface area contributed by atoms with Gasteiger partial charge in [0.05, 0.1) is 6.04 Å². The Bertz CT molecular complexity index is 686. The zero-order valence-electron chi connectivity index (χ0n) is 15.2. The molecular weight excluding hydrogens is 392 g/mol. The zero-order chi connectivity index (χ0) is 20.6. The summed E-state index contributed by atoms with van der Waals surface area (Å²) in [4.78, 5) is 23.9. The molecule has 9 heteroatoms. The second kappa shape index (κ2) is 10.5. The molecule has 0 radical (unpaired) electrons. The maximum Gasteiger partial charge on any atom is 0.329 e. The summed E-state index contributed by atoms with van der Waals surface area (Å²) in [5.41, 5.74) is -0.276. The van der Waals surface area contributed by atoms with E-state index in [2.05, 4.69) is 0 Å². The van der Waals surface area contributed by atoms with Gasteiger partial charge in [-0.15, -0.1) is 0 Å². The number of unbranched alkanes of at least 4 members (excludes halogenated alkanes) is 1.